The van der Waals surface area contributed by atoms with Crippen molar-refractivity contribution in [2.24, 2.45) is 0 Å². The molecular formula is C18H14Cl3N3O2. The van der Waals surface area contributed by atoms with Gasteiger partial charge in [0.15, 0.2) is 0 Å². The maximum Gasteiger partial charge on any atom is 0.323 e. The van der Waals surface area contributed by atoms with Crippen LogP contribution in [0.4, 0.5) is 16.2 Å². The first-order valence-corrected chi connectivity index (χ1v) is 8.68. The van der Waals surface area contributed by atoms with E-state index in [1.807, 2.05) is 6.92 Å². The van der Waals surface area contributed by atoms with Gasteiger partial charge in [0.25, 0.3) is 0 Å². The van der Waals surface area contributed by atoms with Crippen molar-refractivity contribution < 1.29 is 9.53 Å². The normalized spacial score (nSPS) is 10.7. The third-order valence-corrected chi connectivity index (χ3v) is 4.36. The zero-order chi connectivity index (χ0) is 18.8. The number of benzene rings is 2. The van der Waals surface area contributed by atoms with Crippen molar-refractivity contribution in [3.63, 3.8) is 0 Å². The Hall–Kier alpha value is -2.21. The number of hydrogen-bond donors (Lipinski definition) is 2. The van der Waals surface area contributed by atoms with Crippen molar-refractivity contribution in [3.8, 4) is 5.75 Å². The molecule has 0 radical (unpaired) electrons. The molecule has 1 aromatic heterocycles. The van der Waals surface area contributed by atoms with Gasteiger partial charge in [0.1, 0.15) is 5.75 Å². The van der Waals surface area contributed by atoms with E-state index in [-0.39, 0.29) is 0 Å². The number of ether oxygens (including phenoxy) is 1. The molecule has 0 bridgehead atoms. The predicted molar refractivity (Wildman–Crippen MR) is 107 cm³/mol. The third-order valence-electron chi connectivity index (χ3n) is 3.62. The van der Waals surface area contributed by atoms with Gasteiger partial charge in [-0.1, -0.05) is 34.8 Å². The number of hydrogen-bond acceptors (Lipinski definition) is 3. The molecule has 0 aliphatic heterocycles. The van der Waals surface area contributed by atoms with Crippen LogP contribution in [0, 0.1) is 6.92 Å². The molecule has 0 saturated carbocycles. The molecule has 0 unspecified atom stereocenters. The van der Waals surface area contributed by atoms with Gasteiger partial charge in [0.05, 0.1) is 29.0 Å². The number of pyridine rings is 1. The number of urea groups is 1. The molecule has 0 atom stereocenters. The summed E-state index contributed by atoms with van der Waals surface area (Å²) < 4.78 is 5.23. The lowest BCUT2D eigenvalue weighted by molar-refractivity contribution is 0.262. The number of carbonyl (C=O) groups is 1. The molecule has 3 aromatic rings. The second-order valence-corrected chi connectivity index (χ2v) is 6.80. The van der Waals surface area contributed by atoms with E-state index in [4.69, 9.17) is 39.5 Å². The Bertz CT molecular complexity index is 1010. The number of carbonyl (C=O) groups excluding carboxylic acids is 1. The van der Waals surface area contributed by atoms with Crippen LogP contribution in [0.1, 0.15) is 5.69 Å². The van der Waals surface area contributed by atoms with E-state index in [9.17, 15) is 4.79 Å². The number of amides is 2. The summed E-state index contributed by atoms with van der Waals surface area (Å²) in [5.41, 5.74) is 2.25. The molecule has 0 fully saturated rings. The van der Waals surface area contributed by atoms with Gasteiger partial charge in [0, 0.05) is 21.1 Å². The maximum atomic E-state index is 12.5. The van der Waals surface area contributed by atoms with Gasteiger partial charge in [-0.05, 0) is 43.3 Å². The third kappa shape index (κ3) is 3.96. The molecule has 2 amide bonds. The summed E-state index contributed by atoms with van der Waals surface area (Å²) in [6.45, 7) is 1.81. The van der Waals surface area contributed by atoms with Crippen LogP contribution >= 0.6 is 34.8 Å². The lowest BCUT2D eigenvalue weighted by Crippen LogP contribution is -2.20. The predicted octanol–water partition coefficient (Wildman–Crippen LogP) is 6.16. The second-order valence-electron chi connectivity index (χ2n) is 5.52. The van der Waals surface area contributed by atoms with Crippen molar-refractivity contribution in [1.29, 1.82) is 0 Å². The zero-order valence-electron chi connectivity index (χ0n) is 13.9. The number of nitrogens with zero attached hydrogens (tertiary/aromatic N) is 1. The minimum atomic E-state index is -0.464. The molecular weight excluding hydrogens is 397 g/mol. The Kier molecular flexibility index (Phi) is 5.41. The molecule has 0 saturated heterocycles. The molecule has 26 heavy (non-hydrogen) atoms. The van der Waals surface area contributed by atoms with Crippen LogP contribution < -0.4 is 15.4 Å². The first-order chi connectivity index (χ1) is 12.4. The van der Waals surface area contributed by atoms with E-state index in [0.29, 0.717) is 48.8 Å². The Labute approximate surface area is 165 Å². The zero-order valence-corrected chi connectivity index (χ0v) is 16.1. The molecule has 5 nitrogen and oxygen atoms in total. The molecule has 134 valence electrons. The SMILES string of the molecule is COc1ccc(Cl)cc1NC(=O)Nc1cc(C)nc2c(Cl)cc(Cl)cc12. The number of aryl methyl sites for hydroxylation is 1. The Balaban J connectivity index is 1.94. The number of methoxy groups -OCH3 is 1. The van der Waals surface area contributed by atoms with Gasteiger partial charge in [-0.3, -0.25) is 4.98 Å². The quantitative estimate of drug-likeness (QED) is 0.544. The maximum absolute atomic E-state index is 12.5. The largest absolute Gasteiger partial charge is 0.495 e. The summed E-state index contributed by atoms with van der Waals surface area (Å²) >= 11 is 18.3. The summed E-state index contributed by atoms with van der Waals surface area (Å²) in [4.78, 5) is 16.9. The summed E-state index contributed by atoms with van der Waals surface area (Å²) in [6.07, 6.45) is 0. The average molecular weight is 411 g/mol. The number of rotatable bonds is 3. The van der Waals surface area contributed by atoms with E-state index < -0.39 is 6.03 Å². The summed E-state index contributed by atoms with van der Waals surface area (Å²) in [5.74, 6) is 0.492. The summed E-state index contributed by atoms with van der Waals surface area (Å²) in [6, 6.07) is 9.53. The van der Waals surface area contributed by atoms with E-state index >= 15 is 0 Å². The highest BCUT2D eigenvalue weighted by molar-refractivity contribution is 6.38. The molecule has 0 spiro atoms. The second kappa shape index (κ2) is 7.58. The van der Waals surface area contributed by atoms with Crippen molar-refractivity contribution >= 4 is 63.1 Å². The van der Waals surface area contributed by atoms with Crippen LogP contribution in [0.2, 0.25) is 15.1 Å². The van der Waals surface area contributed by atoms with Gasteiger partial charge in [-0.2, -0.15) is 0 Å². The van der Waals surface area contributed by atoms with Crippen LogP contribution in [0.15, 0.2) is 36.4 Å². The van der Waals surface area contributed by atoms with Gasteiger partial charge >= 0.3 is 6.03 Å². The molecule has 8 heteroatoms. The first-order valence-electron chi connectivity index (χ1n) is 7.55. The van der Waals surface area contributed by atoms with Crippen molar-refractivity contribution in [1.82, 2.24) is 4.98 Å². The van der Waals surface area contributed by atoms with E-state index in [1.165, 1.54) is 7.11 Å². The van der Waals surface area contributed by atoms with Gasteiger partial charge < -0.3 is 15.4 Å². The van der Waals surface area contributed by atoms with Crippen LogP contribution in [-0.4, -0.2) is 18.1 Å². The first kappa shape index (κ1) is 18.6. The fraction of sp³-hybridized carbons (Fsp3) is 0.111. The Morgan fingerprint density at radius 3 is 2.46 bits per heavy atom. The smallest absolute Gasteiger partial charge is 0.323 e. The fourth-order valence-electron chi connectivity index (χ4n) is 2.54. The van der Waals surface area contributed by atoms with Crippen molar-refractivity contribution in [2.45, 2.75) is 6.92 Å². The van der Waals surface area contributed by atoms with E-state index in [0.717, 1.165) is 0 Å². The molecule has 0 aliphatic rings. The topological polar surface area (TPSA) is 63.2 Å². The number of fused-ring (bicyclic) bond motifs is 1. The minimum absolute atomic E-state index is 0.413. The van der Waals surface area contributed by atoms with Crippen LogP contribution in [0.5, 0.6) is 5.75 Å². The monoisotopic (exact) mass is 409 g/mol. The molecule has 0 aliphatic carbocycles. The highest BCUT2D eigenvalue weighted by Crippen LogP contribution is 2.32. The van der Waals surface area contributed by atoms with Gasteiger partial charge in [-0.25, -0.2) is 4.79 Å². The van der Waals surface area contributed by atoms with E-state index in [2.05, 4.69) is 15.6 Å². The van der Waals surface area contributed by atoms with E-state index in [1.54, 1.807) is 36.4 Å². The van der Waals surface area contributed by atoms with Crippen molar-refractivity contribution in [2.75, 3.05) is 17.7 Å². The number of halogens is 3. The van der Waals surface area contributed by atoms with Crippen molar-refractivity contribution in [3.05, 3.63) is 57.2 Å². The van der Waals surface area contributed by atoms with Crippen LogP contribution in [-0.2, 0) is 0 Å². The summed E-state index contributed by atoms with van der Waals surface area (Å²) in [5, 5.41) is 7.49. The van der Waals surface area contributed by atoms with Crippen LogP contribution in [0.25, 0.3) is 10.9 Å². The van der Waals surface area contributed by atoms with Gasteiger partial charge in [0.2, 0.25) is 0 Å². The number of aromatic nitrogens is 1. The van der Waals surface area contributed by atoms with Crippen LogP contribution in [0.3, 0.4) is 0 Å². The lowest BCUT2D eigenvalue weighted by atomic mass is 10.1. The highest BCUT2D eigenvalue weighted by Gasteiger charge is 2.13. The minimum Gasteiger partial charge on any atom is -0.495 e. The molecule has 2 aromatic carbocycles. The highest BCUT2D eigenvalue weighted by atomic mass is 35.5. The molecule has 3 rings (SSSR count). The Morgan fingerprint density at radius 1 is 1.00 bits per heavy atom. The molecule has 1 heterocycles. The molecule has 2 N–H and O–H groups in total. The summed E-state index contributed by atoms with van der Waals surface area (Å²) in [7, 11) is 1.51. The Morgan fingerprint density at radius 2 is 1.73 bits per heavy atom. The average Bonchev–Trinajstić information content (AvgIpc) is 2.56. The lowest BCUT2D eigenvalue weighted by Gasteiger charge is -2.14. The van der Waals surface area contributed by atoms with Gasteiger partial charge in [-0.15, -0.1) is 0 Å². The number of anilines is 2. The fourth-order valence-corrected chi connectivity index (χ4v) is 3.25. The number of nitrogens with one attached hydrogen (secondary N) is 2. The standard InChI is InChI=1S/C18H14Cl3N3O2/c1-9-5-14(12-6-11(20)7-13(21)17(12)22-9)23-18(25)24-15-8-10(19)3-4-16(15)26-2/h3-8H,1-2H3,(H2,22,23,24,25).